The minimum absolute atomic E-state index is 0.187. The minimum atomic E-state index is -0.558. The maximum Gasteiger partial charge on any atom is 0.269 e. The number of hydrogen-bond donors (Lipinski definition) is 2. The quantitative estimate of drug-likeness (QED) is 0.500. The van der Waals surface area contributed by atoms with Crippen molar-refractivity contribution >= 4 is 23.3 Å². The third-order valence-electron chi connectivity index (χ3n) is 4.54. The molecule has 128 valence electrons. The van der Waals surface area contributed by atoms with E-state index in [4.69, 9.17) is 11.6 Å². The van der Waals surface area contributed by atoms with Crippen molar-refractivity contribution in [2.45, 2.75) is 51.4 Å². The van der Waals surface area contributed by atoms with Gasteiger partial charge in [0.25, 0.3) is 5.91 Å². The Hall–Kier alpha value is -2.48. The smallest absolute Gasteiger partial charge is 0.269 e. The number of primary amides is 1. The van der Waals surface area contributed by atoms with Crippen molar-refractivity contribution in [3.63, 3.8) is 0 Å². The van der Waals surface area contributed by atoms with E-state index in [0.29, 0.717) is 11.5 Å². The van der Waals surface area contributed by atoms with Crippen LogP contribution in [0.1, 0.15) is 67.5 Å². The van der Waals surface area contributed by atoms with Crippen molar-refractivity contribution in [2.75, 3.05) is 5.01 Å². The van der Waals surface area contributed by atoms with Gasteiger partial charge in [0, 0.05) is 12.3 Å². The second-order valence-corrected chi connectivity index (χ2v) is 6.12. The molecule has 0 spiro atoms. The van der Waals surface area contributed by atoms with Crippen LogP contribution in [0.5, 0.6) is 0 Å². The second kappa shape index (κ2) is 6.56. The molecule has 2 heterocycles. The molecule has 0 aliphatic heterocycles. The molecule has 1 aliphatic carbocycles. The van der Waals surface area contributed by atoms with Gasteiger partial charge >= 0.3 is 0 Å². The number of anilines is 1. The van der Waals surface area contributed by atoms with E-state index in [-0.39, 0.29) is 23.9 Å². The van der Waals surface area contributed by atoms with Crippen LogP contribution in [0.15, 0.2) is 12.1 Å². The zero-order chi connectivity index (χ0) is 17.3. The number of nitrogens with zero attached hydrogens (tertiary/aromatic N) is 4. The highest BCUT2D eigenvalue weighted by atomic mass is 16.2. The van der Waals surface area contributed by atoms with Crippen molar-refractivity contribution in [1.82, 2.24) is 14.6 Å². The lowest BCUT2D eigenvalue weighted by atomic mass is 9.86. The van der Waals surface area contributed by atoms with Crippen molar-refractivity contribution in [1.29, 1.82) is 0 Å². The molecule has 2 aromatic rings. The summed E-state index contributed by atoms with van der Waals surface area (Å²) in [5.41, 5.74) is 7.05. The third-order valence-corrected chi connectivity index (χ3v) is 4.54. The lowest BCUT2D eigenvalue weighted by molar-refractivity contribution is -0.118. The van der Waals surface area contributed by atoms with Crippen LogP contribution >= 0.6 is 0 Å². The number of nitrogens with two attached hydrogens (primary N) is 2. The largest absolute Gasteiger partial charge is 0.364 e. The maximum atomic E-state index is 11.8. The van der Waals surface area contributed by atoms with Crippen molar-refractivity contribution in [3.05, 3.63) is 23.5 Å². The monoisotopic (exact) mass is 330 g/mol. The number of imidazole rings is 1. The first-order chi connectivity index (χ1) is 11.5. The molecule has 0 atom stereocenters. The molecule has 1 fully saturated rings. The molecule has 0 radical (unpaired) electrons. The van der Waals surface area contributed by atoms with Gasteiger partial charge in [0.1, 0.15) is 0 Å². The number of carbonyl (C=O) groups excluding carboxylic acids is 2. The van der Waals surface area contributed by atoms with Crippen LogP contribution in [0.4, 0.5) is 5.82 Å². The fourth-order valence-electron chi connectivity index (χ4n) is 3.29. The zero-order valence-corrected chi connectivity index (χ0v) is 13.7. The predicted octanol–water partition coefficient (Wildman–Crippen LogP) is 1.49. The van der Waals surface area contributed by atoms with E-state index in [1.807, 2.05) is 0 Å². The van der Waals surface area contributed by atoms with Gasteiger partial charge in [-0.1, -0.05) is 26.2 Å². The van der Waals surface area contributed by atoms with E-state index in [1.165, 1.54) is 6.42 Å². The maximum absolute atomic E-state index is 11.8. The van der Waals surface area contributed by atoms with Gasteiger partial charge in [-0.25, -0.2) is 20.4 Å². The Balaban J connectivity index is 2.12. The molecular weight excluding hydrogens is 308 g/mol. The zero-order valence-electron chi connectivity index (χ0n) is 13.7. The summed E-state index contributed by atoms with van der Waals surface area (Å²) in [6.07, 6.45) is 5.63. The van der Waals surface area contributed by atoms with Crippen LogP contribution in [0.3, 0.4) is 0 Å². The Kier molecular flexibility index (Phi) is 4.48. The molecule has 2 amide bonds. The Labute approximate surface area is 139 Å². The summed E-state index contributed by atoms with van der Waals surface area (Å²) in [7, 11) is 0. The average molecular weight is 330 g/mol. The lowest BCUT2D eigenvalue weighted by Gasteiger charge is -2.22. The van der Waals surface area contributed by atoms with E-state index in [9.17, 15) is 9.59 Å². The fourth-order valence-corrected chi connectivity index (χ4v) is 3.29. The third kappa shape index (κ3) is 2.84. The van der Waals surface area contributed by atoms with Gasteiger partial charge in [-0.15, -0.1) is 5.10 Å². The molecular formula is C16H22N6O2. The summed E-state index contributed by atoms with van der Waals surface area (Å²) >= 11 is 0. The van der Waals surface area contributed by atoms with E-state index in [2.05, 4.69) is 10.1 Å². The van der Waals surface area contributed by atoms with Gasteiger partial charge in [0.2, 0.25) is 5.91 Å². The summed E-state index contributed by atoms with van der Waals surface area (Å²) < 4.78 is 1.62. The number of rotatable bonds is 4. The Bertz CT molecular complexity index is 778. The van der Waals surface area contributed by atoms with Gasteiger partial charge in [-0.05, 0) is 25.0 Å². The van der Waals surface area contributed by atoms with Crippen LogP contribution in [-0.4, -0.2) is 26.4 Å². The lowest BCUT2D eigenvalue weighted by Crippen LogP contribution is -2.37. The van der Waals surface area contributed by atoms with Gasteiger partial charge < -0.3 is 5.73 Å². The first-order valence-corrected chi connectivity index (χ1v) is 8.30. The van der Waals surface area contributed by atoms with Crippen LogP contribution in [0.25, 0.3) is 5.65 Å². The van der Waals surface area contributed by atoms with Gasteiger partial charge in [0.15, 0.2) is 17.2 Å². The number of hydrazine groups is 1. The van der Waals surface area contributed by atoms with E-state index < -0.39 is 5.91 Å². The van der Waals surface area contributed by atoms with E-state index >= 15 is 0 Å². The molecule has 8 heteroatoms. The Morgan fingerprint density at radius 3 is 2.62 bits per heavy atom. The normalized spacial score (nSPS) is 15.6. The van der Waals surface area contributed by atoms with Crippen molar-refractivity contribution < 1.29 is 9.59 Å². The standard InChI is InChI=1S/C16H22N6O2/c1-2-13(23)21(18)12-9-8-11-19-14(16(17)24)15(22(11)20-12)10-6-4-3-5-7-10/h8-10H,2-7,18H2,1H3,(H2,17,24). The first-order valence-electron chi connectivity index (χ1n) is 8.30. The van der Waals surface area contributed by atoms with E-state index in [0.717, 1.165) is 36.4 Å². The van der Waals surface area contributed by atoms with Crippen LogP contribution in [0.2, 0.25) is 0 Å². The predicted molar refractivity (Wildman–Crippen MR) is 89.3 cm³/mol. The second-order valence-electron chi connectivity index (χ2n) is 6.12. The number of fused-ring (bicyclic) bond motifs is 1. The highest BCUT2D eigenvalue weighted by Crippen LogP contribution is 2.34. The Morgan fingerprint density at radius 1 is 1.29 bits per heavy atom. The summed E-state index contributed by atoms with van der Waals surface area (Å²) in [5, 5.41) is 5.47. The molecule has 0 bridgehead atoms. The van der Waals surface area contributed by atoms with Crippen molar-refractivity contribution in [2.24, 2.45) is 11.6 Å². The molecule has 0 unspecified atom stereocenters. The molecule has 0 saturated heterocycles. The topological polar surface area (TPSA) is 120 Å². The number of aromatic nitrogens is 3. The number of amides is 2. The minimum Gasteiger partial charge on any atom is -0.364 e. The van der Waals surface area contributed by atoms with Crippen molar-refractivity contribution in [3.8, 4) is 0 Å². The number of hydrogen-bond acceptors (Lipinski definition) is 5. The molecule has 8 nitrogen and oxygen atoms in total. The van der Waals surface area contributed by atoms with Crippen LogP contribution in [-0.2, 0) is 4.79 Å². The first kappa shape index (κ1) is 16.4. The summed E-state index contributed by atoms with van der Waals surface area (Å²) in [4.78, 5) is 28.0. The molecule has 4 N–H and O–H groups in total. The highest BCUT2D eigenvalue weighted by molar-refractivity contribution is 5.93. The molecule has 2 aromatic heterocycles. The van der Waals surface area contributed by atoms with E-state index in [1.54, 1.807) is 23.6 Å². The fraction of sp³-hybridized carbons (Fsp3) is 0.500. The summed E-state index contributed by atoms with van der Waals surface area (Å²) in [6.45, 7) is 1.73. The van der Waals surface area contributed by atoms with Crippen LogP contribution < -0.4 is 16.6 Å². The molecule has 3 rings (SSSR count). The van der Waals surface area contributed by atoms with Crippen LogP contribution in [0, 0.1) is 0 Å². The molecule has 1 aliphatic rings. The summed E-state index contributed by atoms with van der Waals surface area (Å²) in [5.74, 6) is 5.54. The van der Waals surface area contributed by atoms with Gasteiger partial charge in [-0.3, -0.25) is 9.59 Å². The SMILES string of the molecule is CCC(=O)N(N)c1ccc2nc(C(N)=O)c(C3CCCCC3)n2n1. The molecule has 1 saturated carbocycles. The van der Waals surface area contributed by atoms with Gasteiger partial charge in [-0.2, -0.15) is 0 Å². The Morgan fingerprint density at radius 2 is 2.00 bits per heavy atom. The van der Waals surface area contributed by atoms with Gasteiger partial charge in [0.05, 0.1) is 5.69 Å². The number of carbonyl (C=O) groups is 2. The highest BCUT2D eigenvalue weighted by Gasteiger charge is 2.27. The summed E-state index contributed by atoms with van der Waals surface area (Å²) in [6, 6.07) is 3.31. The molecule has 0 aromatic carbocycles. The molecule has 24 heavy (non-hydrogen) atoms. The average Bonchev–Trinajstić information content (AvgIpc) is 3.00.